The first-order chi connectivity index (χ1) is 10.8. The summed E-state index contributed by atoms with van der Waals surface area (Å²) < 4.78 is 15.3. The zero-order chi connectivity index (χ0) is 14.9. The molecule has 3 aromatic rings. The number of pyridine rings is 1. The number of fused-ring (bicyclic) bond motifs is 1. The monoisotopic (exact) mass is 313 g/mol. The summed E-state index contributed by atoms with van der Waals surface area (Å²) in [4.78, 5) is 9.33. The van der Waals surface area contributed by atoms with Gasteiger partial charge in [0.15, 0.2) is 5.65 Å². The fourth-order valence-electron chi connectivity index (χ4n) is 3.00. The average Bonchev–Trinajstić information content (AvgIpc) is 2.96. The van der Waals surface area contributed by atoms with Crippen LogP contribution in [0.4, 0.5) is 4.39 Å². The topological polar surface area (TPSA) is 30.7 Å². The van der Waals surface area contributed by atoms with Gasteiger partial charge in [-0.15, -0.1) is 0 Å². The van der Waals surface area contributed by atoms with Crippen LogP contribution in [0.15, 0.2) is 42.6 Å². The average molecular weight is 313 g/mol. The van der Waals surface area contributed by atoms with Gasteiger partial charge in [0, 0.05) is 17.8 Å². The van der Waals surface area contributed by atoms with Crippen LogP contribution < -0.4 is 0 Å². The summed E-state index contributed by atoms with van der Waals surface area (Å²) in [6.45, 7) is 0. The van der Waals surface area contributed by atoms with E-state index in [1.807, 2.05) is 23.9 Å². The van der Waals surface area contributed by atoms with Gasteiger partial charge in [0.1, 0.15) is 17.2 Å². The highest BCUT2D eigenvalue weighted by atomic mass is 32.2. The minimum Gasteiger partial charge on any atom is -0.280 e. The minimum atomic E-state index is -0.225. The number of nitrogens with zero attached hydrogens (tertiary/aromatic N) is 3. The highest BCUT2D eigenvalue weighted by molar-refractivity contribution is 7.99. The molecule has 0 unspecified atom stereocenters. The van der Waals surface area contributed by atoms with E-state index in [2.05, 4.69) is 9.55 Å². The second-order valence-corrected chi connectivity index (χ2v) is 6.74. The zero-order valence-corrected chi connectivity index (χ0v) is 12.9. The summed E-state index contributed by atoms with van der Waals surface area (Å²) in [6, 6.07) is 10.5. The summed E-state index contributed by atoms with van der Waals surface area (Å²) in [6.07, 6.45) is 4.05. The molecule has 1 saturated heterocycles. The quantitative estimate of drug-likeness (QED) is 0.711. The molecular formula is C17H16FN3S. The normalized spacial score (nSPS) is 16.2. The number of halogens is 1. The first-order valence-corrected chi connectivity index (χ1v) is 8.65. The second-order valence-electron chi connectivity index (χ2n) is 5.51. The van der Waals surface area contributed by atoms with Gasteiger partial charge in [-0.1, -0.05) is 0 Å². The van der Waals surface area contributed by atoms with Gasteiger partial charge in [-0.2, -0.15) is 11.8 Å². The standard InChI is InChI=1S/C17H16FN3S/c18-13-3-5-14(6-4-13)21-16(12-7-10-22-11-8-12)20-15-2-1-9-19-17(15)21/h1-6,9,12H,7-8,10-11H2. The van der Waals surface area contributed by atoms with Crippen LogP contribution in [-0.2, 0) is 0 Å². The lowest BCUT2D eigenvalue weighted by molar-refractivity contribution is 0.591. The van der Waals surface area contributed by atoms with Crippen molar-refractivity contribution >= 4 is 22.9 Å². The molecule has 0 saturated carbocycles. The van der Waals surface area contributed by atoms with E-state index >= 15 is 0 Å². The molecular weight excluding hydrogens is 297 g/mol. The van der Waals surface area contributed by atoms with E-state index in [1.54, 1.807) is 18.3 Å². The van der Waals surface area contributed by atoms with Gasteiger partial charge < -0.3 is 0 Å². The van der Waals surface area contributed by atoms with Crippen LogP contribution in [0.3, 0.4) is 0 Å². The molecule has 1 aliphatic heterocycles. The summed E-state index contributed by atoms with van der Waals surface area (Å²) in [5, 5.41) is 0. The lowest BCUT2D eigenvalue weighted by Crippen LogP contribution is -2.13. The Morgan fingerprint density at radius 2 is 1.86 bits per heavy atom. The Labute approximate surface area is 132 Å². The van der Waals surface area contributed by atoms with E-state index < -0.39 is 0 Å². The van der Waals surface area contributed by atoms with Crippen molar-refractivity contribution in [3.63, 3.8) is 0 Å². The van der Waals surface area contributed by atoms with Gasteiger partial charge in [-0.25, -0.2) is 14.4 Å². The van der Waals surface area contributed by atoms with Gasteiger partial charge in [-0.3, -0.25) is 4.57 Å². The molecule has 5 heteroatoms. The molecule has 0 aliphatic carbocycles. The Hall–Kier alpha value is -1.88. The lowest BCUT2D eigenvalue weighted by Gasteiger charge is -2.22. The molecule has 0 atom stereocenters. The van der Waals surface area contributed by atoms with E-state index in [4.69, 9.17) is 4.98 Å². The van der Waals surface area contributed by atoms with Crippen LogP contribution in [0.2, 0.25) is 0 Å². The van der Waals surface area contributed by atoms with Gasteiger partial charge >= 0.3 is 0 Å². The summed E-state index contributed by atoms with van der Waals surface area (Å²) in [7, 11) is 0. The number of rotatable bonds is 2. The van der Waals surface area contributed by atoms with Crippen molar-refractivity contribution in [1.82, 2.24) is 14.5 Å². The summed E-state index contributed by atoms with van der Waals surface area (Å²) >= 11 is 2.00. The molecule has 22 heavy (non-hydrogen) atoms. The number of hydrogen-bond acceptors (Lipinski definition) is 3. The fourth-order valence-corrected chi connectivity index (χ4v) is 4.11. The third kappa shape index (κ3) is 2.39. The van der Waals surface area contributed by atoms with Crippen molar-refractivity contribution in [2.24, 2.45) is 0 Å². The molecule has 112 valence electrons. The second kappa shape index (κ2) is 5.72. The molecule has 2 aromatic heterocycles. The molecule has 0 radical (unpaired) electrons. The maximum Gasteiger partial charge on any atom is 0.164 e. The Balaban J connectivity index is 1.91. The molecule has 0 amide bonds. The molecule has 1 aromatic carbocycles. The van der Waals surface area contributed by atoms with Gasteiger partial charge in [0.25, 0.3) is 0 Å². The van der Waals surface area contributed by atoms with Crippen molar-refractivity contribution in [2.45, 2.75) is 18.8 Å². The van der Waals surface area contributed by atoms with E-state index in [1.165, 1.54) is 23.6 Å². The zero-order valence-electron chi connectivity index (χ0n) is 12.1. The Kier molecular flexibility index (Phi) is 3.58. The van der Waals surface area contributed by atoms with Crippen molar-refractivity contribution in [3.05, 3.63) is 54.2 Å². The van der Waals surface area contributed by atoms with Crippen molar-refractivity contribution in [1.29, 1.82) is 0 Å². The van der Waals surface area contributed by atoms with Crippen LogP contribution in [0.25, 0.3) is 16.9 Å². The summed E-state index contributed by atoms with van der Waals surface area (Å²) in [5.74, 6) is 3.62. The summed E-state index contributed by atoms with van der Waals surface area (Å²) in [5.41, 5.74) is 2.68. The molecule has 0 spiro atoms. The highest BCUT2D eigenvalue weighted by Crippen LogP contribution is 2.34. The van der Waals surface area contributed by atoms with Crippen molar-refractivity contribution in [3.8, 4) is 5.69 Å². The largest absolute Gasteiger partial charge is 0.280 e. The van der Waals surface area contributed by atoms with E-state index in [9.17, 15) is 4.39 Å². The number of hydrogen-bond donors (Lipinski definition) is 0. The van der Waals surface area contributed by atoms with Gasteiger partial charge in [-0.05, 0) is 60.7 Å². The Morgan fingerprint density at radius 1 is 1.09 bits per heavy atom. The SMILES string of the molecule is Fc1ccc(-n2c(C3CCSCC3)nc3cccnc32)cc1. The molecule has 1 aliphatic rings. The molecule has 3 heterocycles. The number of aromatic nitrogens is 3. The maximum absolute atomic E-state index is 13.3. The minimum absolute atomic E-state index is 0.225. The molecule has 0 bridgehead atoms. The van der Waals surface area contributed by atoms with Crippen LogP contribution in [0.1, 0.15) is 24.6 Å². The molecule has 1 fully saturated rings. The predicted molar refractivity (Wildman–Crippen MR) is 88.1 cm³/mol. The van der Waals surface area contributed by atoms with Crippen LogP contribution in [0.5, 0.6) is 0 Å². The first-order valence-electron chi connectivity index (χ1n) is 7.50. The number of thioether (sulfide) groups is 1. The van der Waals surface area contributed by atoms with Crippen molar-refractivity contribution < 1.29 is 4.39 Å². The number of benzene rings is 1. The fraction of sp³-hybridized carbons (Fsp3) is 0.294. The van der Waals surface area contributed by atoms with Crippen molar-refractivity contribution in [2.75, 3.05) is 11.5 Å². The maximum atomic E-state index is 13.3. The predicted octanol–water partition coefficient (Wildman–Crippen LogP) is 4.17. The third-order valence-corrected chi connectivity index (χ3v) is 5.16. The van der Waals surface area contributed by atoms with Gasteiger partial charge in [0.05, 0.1) is 0 Å². The molecule has 4 rings (SSSR count). The van der Waals surface area contributed by atoms with Crippen LogP contribution in [0, 0.1) is 5.82 Å². The third-order valence-electron chi connectivity index (χ3n) is 4.11. The molecule has 0 N–H and O–H groups in total. The Morgan fingerprint density at radius 3 is 2.64 bits per heavy atom. The van der Waals surface area contributed by atoms with Gasteiger partial charge in [0.2, 0.25) is 0 Å². The van der Waals surface area contributed by atoms with E-state index in [0.717, 1.165) is 35.5 Å². The highest BCUT2D eigenvalue weighted by Gasteiger charge is 2.23. The smallest absolute Gasteiger partial charge is 0.164 e. The Bertz CT molecular complexity index is 791. The van der Waals surface area contributed by atoms with E-state index in [0.29, 0.717) is 5.92 Å². The van der Waals surface area contributed by atoms with Crippen LogP contribution in [-0.4, -0.2) is 26.0 Å². The number of imidazole rings is 1. The van der Waals surface area contributed by atoms with Crippen LogP contribution >= 0.6 is 11.8 Å². The molecule has 3 nitrogen and oxygen atoms in total. The first kappa shape index (κ1) is 13.8. The van der Waals surface area contributed by atoms with E-state index in [-0.39, 0.29) is 5.82 Å². The lowest BCUT2D eigenvalue weighted by atomic mass is 10.0.